The van der Waals surface area contributed by atoms with Crippen LogP contribution in [-0.4, -0.2) is 55.3 Å². The average molecular weight is 401 g/mol. The average Bonchev–Trinajstić information content (AvgIpc) is 3.33. The molecule has 11 heteroatoms. The van der Waals surface area contributed by atoms with Gasteiger partial charge in [0.25, 0.3) is 5.92 Å². The molecule has 0 atom stereocenters. The lowest BCUT2D eigenvalue weighted by Crippen LogP contribution is -2.38. The maximum absolute atomic E-state index is 12.1. The minimum atomic E-state index is -2.43. The summed E-state index contributed by atoms with van der Waals surface area (Å²) in [7, 11) is 1.80. The first-order chi connectivity index (χ1) is 14.0. The summed E-state index contributed by atoms with van der Waals surface area (Å²) in [4.78, 5) is 8.82. The van der Waals surface area contributed by atoms with E-state index in [9.17, 15) is 8.78 Å². The molecule has 9 nitrogen and oxygen atoms in total. The summed E-state index contributed by atoms with van der Waals surface area (Å²) in [5.74, 6) is -1.55. The van der Waals surface area contributed by atoms with E-state index in [1.165, 1.54) is 0 Å². The van der Waals surface area contributed by atoms with Crippen molar-refractivity contribution < 1.29 is 8.78 Å². The number of anilines is 2. The van der Waals surface area contributed by atoms with Crippen LogP contribution in [0.25, 0.3) is 22.4 Å². The van der Waals surface area contributed by atoms with Crippen LogP contribution in [0.2, 0.25) is 0 Å². The lowest BCUT2D eigenvalue weighted by atomic mass is 10.1. The third kappa shape index (κ3) is 3.94. The summed E-state index contributed by atoms with van der Waals surface area (Å²) < 4.78 is 27.7. The molecule has 0 aromatic carbocycles. The number of hydrogen-bond acceptors (Lipinski definition) is 7. The van der Waals surface area contributed by atoms with Crippen LogP contribution in [0.5, 0.6) is 0 Å². The second-order valence-corrected chi connectivity index (χ2v) is 6.67. The number of piperidine rings is 1. The largest absolute Gasteiger partial charge is 0.371 e. The molecule has 0 amide bonds. The zero-order valence-corrected chi connectivity index (χ0v) is 15.8. The van der Waals surface area contributed by atoms with Crippen LogP contribution >= 0.6 is 0 Å². The lowest BCUT2D eigenvalue weighted by Gasteiger charge is -2.21. The molecule has 5 heterocycles. The van der Waals surface area contributed by atoms with Crippen molar-refractivity contribution in [3.8, 4) is 11.3 Å². The highest BCUT2D eigenvalue weighted by Gasteiger charge is 2.30. The summed E-state index contributed by atoms with van der Waals surface area (Å²) in [5, 5.41) is 14.0. The number of aromatic nitrogens is 6. The number of fused-ring (bicyclic) bond motifs is 2. The van der Waals surface area contributed by atoms with E-state index >= 15 is 0 Å². The van der Waals surface area contributed by atoms with Crippen molar-refractivity contribution >= 4 is 22.9 Å². The Bertz CT molecular complexity index is 1130. The zero-order chi connectivity index (χ0) is 20.4. The molecule has 0 bridgehead atoms. The molecule has 1 aliphatic rings. The number of nitrogens with two attached hydrogens (primary N) is 1. The van der Waals surface area contributed by atoms with E-state index in [0.717, 1.165) is 29.0 Å². The lowest BCUT2D eigenvalue weighted by molar-refractivity contribution is -0.0208. The van der Waals surface area contributed by atoms with Gasteiger partial charge in [-0.3, -0.25) is 0 Å². The Morgan fingerprint density at radius 1 is 1.17 bits per heavy atom. The van der Waals surface area contributed by atoms with Gasteiger partial charge in [0.05, 0.1) is 18.4 Å². The number of rotatable bonds is 2. The molecular formula is C18H21F2N9. The molecule has 1 saturated heterocycles. The van der Waals surface area contributed by atoms with E-state index in [1.54, 1.807) is 22.3 Å². The van der Waals surface area contributed by atoms with Gasteiger partial charge >= 0.3 is 0 Å². The number of hydrogen-bond donors (Lipinski definition) is 3. The molecule has 4 aromatic heterocycles. The highest BCUT2D eigenvalue weighted by atomic mass is 19.3. The third-order valence-corrected chi connectivity index (χ3v) is 4.58. The molecule has 1 fully saturated rings. The van der Waals surface area contributed by atoms with Gasteiger partial charge in [-0.1, -0.05) is 0 Å². The van der Waals surface area contributed by atoms with Crippen LogP contribution in [0.1, 0.15) is 12.8 Å². The van der Waals surface area contributed by atoms with Crippen molar-refractivity contribution in [3.05, 3.63) is 36.8 Å². The van der Waals surface area contributed by atoms with E-state index < -0.39 is 5.92 Å². The Labute approximate surface area is 165 Å². The second kappa shape index (κ2) is 7.59. The summed E-state index contributed by atoms with van der Waals surface area (Å²) in [5.41, 5.74) is 9.08. The molecule has 152 valence electrons. The molecule has 0 aliphatic carbocycles. The molecule has 0 radical (unpaired) electrons. The summed E-state index contributed by atoms with van der Waals surface area (Å²) in [6, 6.07) is 5.71. The van der Waals surface area contributed by atoms with E-state index in [0.29, 0.717) is 12.2 Å². The minimum absolute atomic E-state index is 0.0556. The Morgan fingerprint density at radius 3 is 2.69 bits per heavy atom. The molecule has 0 spiro atoms. The van der Waals surface area contributed by atoms with Gasteiger partial charge in [0, 0.05) is 37.5 Å². The van der Waals surface area contributed by atoms with Crippen LogP contribution in [0.3, 0.4) is 0 Å². The van der Waals surface area contributed by atoms with Gasteiger partial charge in [0.2, 0.25) is 5.95 Å². The topological polar surface area (TPSA) is 110 Å². The number of halogens is 2. The van der Waals surface area contributed by atoms with Gasteiger partial charge in [0.15, 0.2) is 11.5 Å². The standard InChI is InChI=1S/C13H12N8.C5H9F2N/c1-15-12-11-8(3-6-21(11)19-13(14)18-12)9-4-7-20-10(17-9)2-5-16-20;6-5(7)2-1-3-8-4-5/h2-7H,1H3,(H3,14,15,18,19);8H,1-4H2. The van der Waals surface area contributed by atoms with Crippen LogP contribution in [0, 0.1) is 0 Å². The highest BCUT2D eigenvalue weighted by Crippen LogP contribution is 2.28. The quantitative estimate of drug-likeness (QED) is 0.472. The zero-order valence-electron chi connectivity index (χ0n) is 15.8. The monoisotopic (exact) mass is 401 g/mol. The van der Waals surface area contributed by atoms with Gasteiger partial charge < -0.3 is 16.4 Å². The first kappa shape index (κ1) is 19.0. The van der Waals surface area contributed by atoms with Gasteiger partial charge in [0.1, 0.15) is 5.52 Å². The van der Waals surface area contributed by atoms with Crippen molar-refractivity contribution in [3.63, 3.8) is 0 Å². The van der Waals surface area contributed by atoms with Crippen molar-refractivity contribution in [2.24, 2.45) is 0 Å². The van der Waals surface area contributed by atoms with Crippen molar-refractivity contribution in [1.29, 1.82) is 0 Å². The van der Waals surface area contributed by atoms with Crippen molar-refractivity contribution in [1.82, 2.24) is 34.5 Å². The molecule has 5 rings (SSSR count). The van der Waals surface area contributed by atoms with Gasteiger partial charge in [-0.25, -0.2) is 22.8 Å². The SMILES string of the molecule is CNc1nc(N)nn2ccc(-c3ccn4nccc4n3)c12.FC1(F)CCCNC1. The summed E-state index contributed by atoms with van der Waals surface area (Å²) in [6.45, 7) is 0.614. The molecule has 0 saturated carbocycles. The normalized spacial score (nSPS) is 15.8. The summed E-state index contributed by atoms with van der Waals surface area (Å²) >= 11 is 0. The fraction of sp³-hybridized carbons (Fsp3) is 0.333. The first-order valence-electron chi connectivity index (χ1n) is 9.19. The molecular weight excluding hydrogens is 380 g/mol. The molecule has 1 aliphatic heterocycles. The summed E-state index contributed by atoms with van der Waals surface area (Å²) in [6.07, 6.45) is 6.09. The van der Waals surface area contributed by atoms with Crippen LogP contribution in [0.4, 0.5) is 20.5 Å². The second-order valence-electron chi connectivity index (χ2n) is 6.67. The van der Waals surface area contributed by atoms with Crippen LogP contribution < -0.4 is 16.4 Å². The van der Waals surface area contributed by atoms with Gasteiger partial charge in [-0.2, -0.15) is 10.1 Å². The van der Waals surface area contributed by atoms with E-state index in [1.807, 2.05) is 30.6 Å². The third-order valence-electron chi connectivity index (χ3n) is 4.58. The molecule has 29 heavy (non-hydrogen) atoms. The number of nitrogen functional groups attached to an aromatic ring is 1. The van der Waals surface area contributed by atoms with Crippen LogP contribution in [-0.2, 0) is 0 Å². The maximum atomic E-state index is 12.1. The maximum Gasteiger partial charge on any atom is 0.260 e. The van der Waals surface area contributed by atoms with Crippen molar-refractivity contribution in [2.75, 3.05) is 31.2 Å². The Hall–Kier alpha value is -3.34. The Balaban J connectivity index is 0.000000216. The predicted molar refractivity (Wildman–Crippen MR) is 106 cm³/mol. The molecule has 0 unspecified atom stereocenters. The minimum Gasteiger partial charge on any atom is -0.371 e. The fourth-order valence-electron chi connectivity index (χ4n) is 3.22. The molecule has 4 aromatic rings. The van der Waals surface area contributed by atoms with E-state index in [-0.39, 0.29) is 18.9 Å². The number of nitrogens with zero attached hydrogens (tertiary/aromatic N) is 6. The van der Waals surface area contributed by atoms with Crippen molar-refractivity contribution in [2.45, 2.75) is 18.8 Å². The smallest absolute Gasteiger partial charge is 0.260 e. The number of alkyl halides is 2. The van der Waals surface area contributed by atoms with E-state index in [4.69, 9.17) is 5.73 Å². The first-order valence-corrected chi connectivity index (χ1v) is 9.19. The predicted octanol–water partition coefficient (Wildman–Crippen LogP) is 2.07. The molecule has 4 N–H and O–H groups in total. The Morgan fingerprint density at radius 2 is 2.00 bits per heavy atom. The van der Waals surface area contributed by atoms with Gasteiger partial charge in [-0.05, 0) is 25.1 Å². The van der Waals surface area contributed by atoms with Gasteiger partial charge in [-0.15, -0.1) is 5.10 Å². The Kier molecular flexibility index (Phi) is 4.97. The van der Waals surface area contributed by atoms with E-state index in [2.05, 4.69) is 30.8 Å². The van der Waals surface area contributed by atoms with Crippen LogP contribution in [0.15, 0.2) is 36.8 Å². The highest BCUT2D eigenvalue weighted by molar-refractivity contribution is 5.87. The fourth-order valence-corrected chi connectivity index (χ4v) is 3.22. The number of nitrogens with one attached hydrogen (secondary N) is 2.